The van der Waals surface area contributed by atoms with E-state index in [1.807, 2.05) is 45.0 Å². The van der Waals surface area contributed by atoms with Gasteiger partial charge in [0.1, 0.15) is 6.54 Å². The van der Waals surface area contributed by atoms with Crippen LogP contribution < -0.4 is 16.6 Å². The number of nitrogens with one attached hydrogen (secondary N) is 1. The monoisotopic (exact) mass is 540 g/mol. The summed E-state index contributed by atoms with van der Waals surface area (Å²) in [6.45, 7) is 7.56. The molecule has 4 rings (SSSR count). The quantitative estimate of drug-likeness (QED) is 0.310. The van der Waals surface area contributed by atoms with Gasteiger partial charge < -0.3 is 10.2 Å². The highest BCUT2D eigenvalue weighted by atomic mass is 16.2. The summed E-state index contributed by atoms with van der Waals surface area (Å²) in [6, 6.07) is 21.7. The molecule has 8 nitrogen and oxygen atoms in total. The number of para-hydroxylation sites is 1. The largest absolute Gasteiger partial charge is 0.348 e. The van der Waals surface area contributed by atoms with E-state index in [1.165, 1.54) is 4.57 Å². The number of hydrogen-bond acceptors (Lipinski definition) is 4. The molecule has 0 unspecified atom stereocenters. The second-order valence-electron chi connectivity index (χ2n) is 10.0. The van der Waals surface area contributed by atoms with Gasteiger partial charge in [-0.05, 0) is 55.2 Å². The van der Waals surface area contributed by atoms with Crippen LogP contribution in [0.4, 0.5) is 0 Å². The van der Waals surface area contributed by atoms with Gasteiger partial charge in [-0.1, -0.05) is 67.9 Å². The highest BCUT2D eigenvalue weighted by Crippen LogP contribution is 2.11. The number of carbonyl (C=O) groups is 2. The Morgan fingerprint density at radius 3 is 2.08 bits per heavy atom. The molecule has 0 saturated carbocycles. The minimum atomic E-state index is -0.537. The molecule has 0 saturated heterocycles. The van der Waals surface area contributed by atoms with Crippen molar-refractivity contribution in [2.24, 2.45) is 0 Å². The Labute approximate surface area is 233 Å². The maximum atomic E-state index is 13.6. The lowest BCUT2D eigenvalue weighted by molar-refractivity contribution is -0.131. The first-order valence-electron chi connectivity index (χ1n) is 13.7. The van der Waals surface area contributed by atoms with Gasteiger partial charge in [0.25, 0.3) is 11.5 Å². The highest BCUT2D eigenvalue weighted by Gasteiger charge is 2.19. The zero-order valence-corrected chi connectivity index (χ0v) is 23.4. The molecule has 0 atom stereocenters. The molecule has 0 aliphatic heterocycles. The van der Waals surface area contributed by atoms with Crippen LogP contribution in [0.5, 0.6) is 0 Å². The molecule has 0 radical (unpaired) electrons. The van der Waals surface area contributed by atoms with Gasteiger partial charge in [0.2, 0.25) is 5.91 Å². The Hall–Kier alpha value is -4.46. The molecule has 0 fully saturated rings. The van der Waals surface area contributed by atoms with Crippen LogP contribution in [-0.4, -0.2) is 38.9 Å². The van der Waals surface area contributed by atoms with Crippen molar-refractivity contribution in [1.29, 1.82) is 0 Å². The molecule has 40 heavy (non-hydrogen) atoms. The van der Waals surface area contributed by atoms with Gasteiger partial charge in [-0.3, -0.25) is 23.5 Å². The predicted octanol–water partition coefficient (Wildman–Crippen LogP) is 4.10. The third-order valence-corrected chi connectivity index (χ3v) is 6.90. The number of benzene rings is 3. The summed E-state index contributed by atoms with van der Waals surface area (Å²) >= 11 is 0. The molecule has 0 aliphatic carbocycles. The van der Waals surface area contributed by atoms with Gasteiger partial charge in [0.05, 0.1) is 17.4 Å². The molecule has 4 aromatic rings. The Bertz CT molecular complexity index is 1600. The smallest absolute Gasteiger partial charge is 0.332 e. The number of carbonyl (C=O) groups excluding carboxylic acids is 2. The molecular weight excluding hydrogens is 504 g/mol. The second kappa shape index (κ2) is 13.1. The summed E-state index contributed by atoms with van der Waals surface area (Å²) in [7, 11) is 0. The van der Waals surface area contributed by atoms with Crippen molar-refractivity contribution in [2.45, 2.75) is 53.2 Å². The summed E-state index contributed by atoms with van der Waals surface area (Å²) < 4.78 is 2.55. The number of amides is 2. The molecule has 2 amide bonds. The van der Waals surface area contributed by atoms with Gasteiger partial charge in [-0.15, -0.1) is 0 Å². The third kappa shape index (κ3) is 6.57. The maximum absolute atomic E-state index is 13.6. The van der Waals surface area contributed by atoms with Crippen LogP contribution in [0.25, 0.3) is 10.9 Å². The van der Waals surface area contributed by atoms with Crippen molar-refractivity contribution in [3.05, 3.63) is 116 Å². The Morgan fingerprint density at radius 2 is 1.43 bits per heavy atom. The van der Waals surface area contributed by atoms with Crippen LogP contribution in [0, 0.1) is 6.92 Å². The Morgan fingerprint density at radius 1 is 0.800 bits per heavy atom. The molecule has 1 aromatic heterocycles. The zero-order chi connectivity index (χ0) is 28.6. The van der Waals surface area contributed by atoms with Crippen molar-refractivity contribution < 1.29 is 9.59 Å². The number of hydrogen-bond donors (Lipinski definition) is 1. The summed E-state index contributed by atoms with van der Waals surface area (Å²) in [5, 5.41) is 3.29. The molecule has 3 aromatic carbocycles. The molecule has 8 heteroatoms. The fourth-order valence-corrected chi connectivity index (χ4v) is 4.73. The van der Waals surface area contributed by atoms with Crippen molar-refractivity contribution in [1.82, 2.24) is 19.4 Å². The van der Waals surface area contributed by atoms with Crippen molar-refractivity contribution >= 4 is 22.7 Å². The maximum Gasteiger partial charge on any atom is 0.332 e. The van der Waals surface area contributed by atoms with Gasteiger partial charge in [0, 0.05) is 25.2 Å². The fourth-order valence-electron chi connectivity index (χ4n) is 4.73. The average Bonchev–Trinajstić information content (AvgIpc) is 2.97. The molecule has 208 valence electrons. The van der Waals surface area contributed by atoms with E-state index < -0.39 is 11.2 Å². The summed E-state index contributed by atoms with van der Waals surface area (Å²) in [6.07, 6.45) is 1.64. The molecule has 0 bridgehead atoms. The number of rotatable bonds is 11. The number of nitrogens with zero attached hydrogens (tertiary/aromatic N) is 3. The van der Waals surface area contributed by atoms with Gasteiger partial charge in [0.15, 0.2) is 0 Å². The molecular formula is C32H36N4O4. The van der Waals surface area contributed by atoms with Crippen LogP contribution in [0.2, 0.25) is 0 Å². The summed E-state index contributed by atoms with van der Waals surface area (Å²) in [5.41, 5.74) is 2.83. The standard InChI is InChI=1S/C32H36N4O4/c1-4-18-34(19-5-2)29(37)22-35-28-9-7-6-8-27(28)31(39)36(32(35)40)21-25-14-16-26(17-15-25)30(38)33-20-24-12-10-23(3)11-13-24/h6-17H,4-5,18-22H2,1-3H3,(H,33,38). The van der Waals surface area contributed by atoms with E-state index in [-0.39, 0.29) is 24.9 Å². The minimum absolute atomic E-state index is 0.0234. The molecule has 0 aliphatic rings. The second-order valence-corrected chi connectivity index (χ2v) is 10.0. The molecule has 1 heterocycles. The van der Waals surface area contributed by atoms with Crippen LogP contribution in [0.3, 0.4) is 0 Å². The highest BCUT2D eigenvalue weighted by molar-refractivity contribution is 5.94. The number of aromatic nitrogens is 2. The van der Waals surface area contributed by atoms with Crippen LogP contribution in [0.15, 0.2) is 82.4 Å². The van der Waals surface area contributed by atoms with E-state index in [0.717, 1.165) is 28.5 Å². The Kier molecular flexibility index (Phi) is 9.32. The van der Waals surface area contributed by atoms with Gasteiger partial charge in [-0.25, -0.2) is 4.79 Å². The summed E-state index contributed by atoms with van der Waals surface area (Å²) in [4.78, 5) is 54.5. The van der Waals surface area contributed by atoms with E-state index >= 15 is 0 Å². The minimum Gasteiger partial charge on any atom is -0.348 e. The van der Waals surface area contributed by atoms with Crippen molar-refractivity contribution in [3.63, 3.8) is 0 Å². The van der Waals surface area contributed by atoms with Gasteiger partial charge in [-0.2, -0.15) is 0 Å². The van der Waals surface area contributed by atoms with Crippen molar-refractivity contribution in [2.75, 3.05) is 13.1 Å². The molecule has 0 spiro atoms. The first-order chi connectivity index (χ1) is 19.3. The number of fused-ring (bicyclic) bond motifs is 1. The lowest BCUT2D eigenvalue weighted by Gasteiger charge is -2.22. The average molecular weight is 541 g/mol. The summed E-state index contributed by atoms with van der Waals surface area (Å²) in [5.74, 6) is -0.360. The number of aryl methyl sites for hydroxylation is 1. The van der Waals surface area contributed by atoms with Crippen LogP contribution in [0.1, 0.15) is 53.7 Å². The van der Waals surface area contributed by atoms with E-state index in [1.54, 1.807) is 53.4 Å². The topological polar surface area (TPSA) is 93.4 Å². The molecule has 1 N–H and O–H groups in total. The van der Waals surface area contributed by atoms with E-state index in [0.29, 0.717) is 41.7 Å². The first kappa shape index (κ1) is 28.5. The van der Waals surface area contributed by atoms with Crippen LogP contribution >= 0.6 is 0 Å². The fraction of sp³-hybridized carbons (Fsp3) is 0.312. The lowest BCUT2D eigenvalue weighted by Crippen LogP contribution is -2.44. The first-order valence-corrected chi connectivity index (χ1v) is 13.7. The van der Waals surface area contributed by atoms with Crippen LogP contribution in [-0.2, 0) is 24.4 Å². The predicted molar refractivity (Wildman–Crippen MR) is 158 cm³/mol. The normalized spacial score (nSPS) is 11.0. The van der Waals surface area contributed by atoms with Crippen molar-refractivity contribution in [3.8, 4) is 0 Å². The van der Waals surface area contributed by atoms with E-state index in [4.69, 9.17) is 0 Å². The van der Waals surface area contributed by atoms with Gasteiger partial charge >= 0.3 is 5.69 Å². The lowest BCUT2D eigenvalue weighted by atomic mass is 10.1. The Balaban J connectivity index is 1.57. The van der Waals surface area contributed by atoms with E-state index in [2.05, 4.69) is 5.32 Å². The SMILES string of the molecule is CCCN(CCC)C(=O)Cn1c(=O)n(Cc2ccc(C(=O)NCc3ccc(C)cc3)cc2)c(=O)c2ccccc21. The third-order valence-electron chi connectivity index (χ3n) is 6.90. The zero-order valence-electron chi connectivity index (χ0n) is 23.4. The van der Waals surface area contributed by atoms with E-state index in [9.17, 15) is 19.2 Å².